The number of hydroxylamine groups is 2. The van der Waals surface area contributed by atoms with Crippen molar-refractivity contribution >= 4 is 17.5 Å². The molecule has 1 saturated heterocycles. The van der Waals surface area contributed by atoms with Crippen molar-refractivity contribution in [3.8, 4) is 0 Å². The molecular weight excluding hydrogens is 250 g/mol. The van der Waals surface area contributed by atoms with Crippen molar-refractivity contribution in [3.63, 3.8) is 0 Å². The SMILES string of the molecule is O=C1C(Cl)C2C=CC(C2)N1OCc1ccccc1. The zero-order valence-electron chi connectivity index (χ0n) is 9.83. The molecule has 1 aromatic rings. The van der Waals surface area contributed by atoms with Crippen LogP contribution in [0.25, 0.3) is 0 Å². The number of allylic oxidation sites excluding steroid dienone is 1. The summed E-state index contributed by atoms with van der Waals surface area (Å²) in [6.45, 7) is 0.394. The van der Waals surface area contributed by atoms with Crippen molar-refractivity contribution < 1.29 is 9.63 Å². The molecule has 3 atom stereocenters. The maximum absolute atomic E-state index is 12.0. The van der Waals surface area contributed by atoms with E-state index in [0.29, 0.717) is 6.61 Å². The Bertz CT molecular complexity index is 474. The highest BCUT2D eigenvalue weighted by molar-refractivity contribution is 6.31. The largest absolute Gasteiger partial charge is 0.271 e. The Morgan fingerprint density at radius 2 is 2.06 bits per heavy atom. The van der Waals surface area contributed by atoms with E-state index in [1.54, 1.807) is 0 Å². The monoisotopic (exact) mass is 263 g/mol. The molecule has 1 heterocycles. The van der Waals surface area contributed by atoms with Gasteiger partial charge in [0, 0.05) is 5.92 Å². The molecule has 4 heteroatoms. The quantitative estimate of drug-likeness (QED) is 0.620. The third-order valence-electron chi connectivity index (χ3n) is 3.44. The fraction of sp³-hybridized carbons (Fsp3) is 0.357. The zero-order chi connectivity index (χ0) is 12.5. The van der Waals surface area contributed by atoms with E-state index in [4.69, 9.17) is 16.4 Å². The lowest BCUT2D eigenvalue weighted by Gasteiger charge is -2.34. The highest BCUT2D eigenvalue weighted by Crippen LogP contribution is 2.35. The van der Waals surface area contributed by atoms with Gasteiger partial charge in [-0.2, -0.15) is 0 Å². The van der Waals surface area contributed by atoms with Crippen LogP contribution in [0, 0.1) is 5.92 Å². The maximum Gasteiger partial charge on any atom is 0.265 e. The Balaban J connectivity index is 1.69. The minimum Gasteiger partial charge on any atom is -0.271 e. The number of nitrogens with zero attached hydrogens (tertiary/aromatic N) is 1. The van der Waals surface area contributed by atoms with Crippen LogP contribution in [-0.4, -0.2) is 22.4 Å². The van der Waals surface area contributed by atoms with E-state index in [0.717, 1.165) is 12.0 Å². The molecular formula is C14H14ClNO2. The van der Waals surface area contributed by atoms with Crippen LogP contribution in [0.2, 0.25) is 0 Å². The Kier molecular flexibility index (Phi) is 3.10. The van der Waals surface area contributed by atoms with Gasteiger partial charge in [0.15, 0.2) is 0 Å². The van der Waals surface area contributed by atoms with E-state index < -0.39 is 5.38 Å². The van der Waals surface area contributed by atoms with E-state index in [2.05, 4.69) is 0 Å². The predicted octanol–water partition coefficient (Wildman–Crippen LogP) is 2.51. The first-order valence-corrected chi connectivity index (χ1v) is 6.51. The van der Waals surface area contributed by atoms with Gasteiger partial charge in [-0.25, -0.2) is 5.06 Å². The van der Waals surface area contributed by atoms with Crippen LogP contribution >= 0.6 is 11.6 Å². The van der Waals surface area contributed by atoms with E-state index >= 15 is 0 Å². The number of carbonyl (C=O) groups is 1. The molecule has 1 fully saturated rings. The Morgan fingerprint density at radius 3 is 2.83 bits per heavy atom. The molecule has 2 aliphatic rings. The van der Waals surface area contributed by atoms with Gasteiger partial charge in [0.2, 0.25) is 0 Å². The summed E-state index contributed by atoms with van der Waals surface area (Å²) in [6.07, 6.45) is 4.90. The molecule has 0 spiro atoms. The fourth-order valence-corrected chi connectivity index (χ4v) is 2.73. The number of benzene rings is 1. The second-order valence-corrected chi connectivity index (χ2v) is 5.15. The Morgan fingerprint density at radius 1 is 1.28 bits per heavy atom. The van der Waals surface area contributed by atoms with Crippen LogP contribution in [-0.2, 0) is 16.2 Å². The van der Waals surface area contributed by atoms with Crippen LogP contribution < -0.4 is 0 Å². The molecule has 18 heavy (non-hydrogen) atoms. The molecule has 1 aliphatic carbocycles. The summed E-state index contributed by atoms with van der Waals surface area (Å²) in [5.41, 5.74) is 1.04. The van der Waals surface area contributed by atoms with Gasteiger partial charge in [-0.3, -0.25) is 9.63 Å². The molecule has 94 valence electrons. The molecule has 3 nitrogen and oxygen atoms in total. The lowest BCUT2D eigenvalue weighted by Crippen LogP contribution is -2.48. The first kappa shape index (κ1) is 11.8. The van der Waals surface area contributed by atoms with Crippen LogP contribution in [0.1, 0.15) is 12.0 Å². The molecule has 0 N–H and O–H groups in total. The van der Waals surface area contributed by atoms with E-state index in [1.807, 2.05) is 42.5 Å². The highest BCUT2D eigenvalue weighted by Gasteiger charge is 2.43. The lowest BCUT2D eigenvalue weighted by atomic mass is 9.98. The van der Waals surface area contributed by atoms with Crippen LogP contribution in [0.3, 0.4) is 0 Å². The summed E-state index contributed by atoms with van der Waals surface area (Å²) >= 11 is 6.11. The second-order valence-electron chi connectivity index (χ2n) is 4.68. The van der Waals surface area contributed by atoms with Gasteiger partial charge in [-0.1, -0.05) is 42.5 Å². The number of hydrogen-bond acceptors (Lipinski definition) is 2. The molecule has 0 radical (unpaired) electrons. The molecule has 3 unspecified atom stereocenters. The molecule has 2 bridgehead atoms. The third kappa shape index (κ3) is 2.04. The van der Waals surface area contributed by atoms with Crippen molar-refractivity contribution in [3.05, 3.63) is 48.0 Å². The summed E-state index contributed by atoms with van der Waals surface area (Å²) in [6, 6.07) is 9.84. The number of fused-ring (bicyclic) bond motifs is 2. The second kappa shape index (κ2) is 4.75. The molecule has 1 aromatic carbocycles. The Hall–Kier alpha value is -1.32. The van der Waals surface area contributed by atoms with Gasteiger partial charge >= 0.3 is 0 Å². The third-order valence-corrected chi connectivity index (χ3v) is 3.95. The molecule has 3 rings (SSSR count). The topological polar surface area (TPSA) is 29.5 Å². The van der Waals surface area contributed by atoms with E-state index in [-0.39, 0.29) is 17.9 Å². The van der Waals surface area contributed by atoms with Crippen LogP contribution in [0.4, 0.5) is 0 Å². The summed E-state index contributed by atoms with van der Waals surface area (Å²) in [5.74, 6) is 0.0413. The van der Waals surface area contributed by atoms with Gasteiger partial charge in [-0.05, 0) is 12.0 Å². The minimum absolute atomic E-state index is 0.0428. The van der Waals surface area contributed by atoms with Crippen LogP contribution in [0.5, 0.6) is 0 Å². The van der Waals surface area contributed by atoms with Gasteiger partial charge in [-0.15, -0.1) is 11.6 Å². The van der Waals surface area contributed by atoms with Crippen LogP contribution in [0.15, 0.2) is 42.5 Å². The average Bonchev–Trinajstić information content (AvgIpc) is 2.84. The maximum atomic E-state index is 12.0. The first-order chi connectivity index (χ1) is 8.75. The standard InChI is InChI=1S/C14H14ClNO2/c15-13-11-6-7-12(8-11)16(14(13)17)18-9-10-4-2-1-3-5-10/h1-7,11-13H,8-9H2. The number of rotatable bonds is 3. The van der Waals surface area contributed by atoms with Crippen molar-refractivity contribution in [2.75, 3.05) is 0 Å². The fourth-order valence-electron chi connectivity index (χ4n) is 2.44. The molecule has 0 saturated carbocycles. The molecule has 0 aromatic heterocycles. The van der Waals surface area contributed by atoms with Gasteiger partial charge in [0.1, 0.15) is 12.0 Å². The average molecular weight is 264 g/mol. The summed E-state index contributed by atoms with van der Waals surface area (Å²) < 4.78 is 0. The minimum atomic E-state index is -0.490. The molecule has 1 amide bonds. The highest BCUT2D eigenvalue weighted by atomic mass is 35.5. The number of carbonyl (C=O) groups excluding carboxylic acids is 1. The van der Waals surface area contributed by atoms with E-state index in [1.165, 1.54) is 5.06 Å². The summed E-state index contributed by atoms with van der Waals surface area (Å²) in [4.78, 5) is 17.7. The zero-order valence-corrected chi connectivity index (χ0v) is 10.6. The smallest absolute Gasteiger partial charge is 0.265 e. The lowest BCUT2D eigenvalue weighted by molar-refractivity contribution is -0.206. The number of piperidine rings is 1. The van der Waals surface area contributed by atoms with Crippen molar-refractivity contribution in [2.45, 2.75) is 24.4 Å². The van der Waals surface area contributed by atoms with Crippen molar-refractivity contribution in [2.24, 2.45) is 5.92 Å². The van der Waals surface area contributed by atoms with Gasteiger partial charge in [0.25, 0.3) is 5.91 Å². The van der Waals surface area contributed by atoms with Crippen molar-refractivity contribution in [1.29, 1.82) is 0 Å². The Labute approximate surface area is 111 Å². The van der Waals surface area contributed by atoms with Gasteiger partial charge < -0.3 is 0 Å². The number of amides is 1. The molecule has 1 aliphatic heterocycles. The predicted molar refractivity (Wildman–Crippen MR) is 68.8 cm³/mol. The first-order valence-electron chi connectivity index (χ1n) is 6.08. The van der Waals surface area contributed by atoms with Gasteiger partial charge in [0.05, 0.1) is 6.04 Å². The summed E-state index contributed by atoms with van der Waals surface area (Å²) in [5, 5.41) is 0.945. The number of halogens is 1. The number of alkyl halides is 1. The number of hydrogen-bond donors (Lipinski definition) is 0. The van der Waals surface area contributed by atoms with Crippen molar-refractivity contribution in [1.82, 2.24) is 5.06 Å². The normalized spacial score (nSPS) is 29.9. The summed E-state index contributed by atoms with van der Waals surface area (Å²) in [7, 11) is 0. The van der Waals surface area contributed by atoms with E-state index in [9.17, 15) is 4.79 Å².